The number of hydrogen-bond donors (Lipinski definition) is 1. The number of thiophene rings is 1. The maximum atomic E-state index is 10.4. The molecule has 0 aliphatic heterocycles. The van der Waals surface area contributed by atoms with E-state index in [4.69, 9.17) is 9.84 Å². The zero-order chi connectivity index (χ0) is 11.5. The van der Waals surface area contributed by atoms with Crippen LogP contribution in [0.2, 0.25) is 0 Å². The average molecular weight is 246 g/mol. The minimum absolute atomic E-state index is 0.0927. The van der Waals surface area contributed by atoms with Crippen molar-refractivity contribution in [3.05, 3.63) is 12.1 Å². The number of hydrogen-bond acceptors (Lipinski definition) is 4. The van der Waals surface area contributed by atoms with Gasteiger partial charge in [0.05, 0.1) is 9.96 Å². The highest BCUT2D eigenvalue weighted by Gasteiger charge is 2.13. The summed E-state index contributed by atoms with van der Waals surface area (Å²) in [6.45, 7) is 5.95. The zero-order valence-corrected chi connectivity index (χ0v) is 10.6. The van der Waals surface area contributed by atoms with E-state index >= 15 is 0 Å². The third-order valence-electron chi connectivity index (χ3n) is 1.30. The van der Waals surface area contributed by atoms with Crippen LogP contribution in [-0.4, -0.2) is 22.4 Å². The largest absolute Gasteiger partial charge is 0.481 e. The van der Waals surface area contributed by atoms with E-state index < -0.39 is 5.97 Å². The van der Waals surface area contributed by atoms with Gasteiger partial charge in [-0.2, -0.15) is 0 Å². The SMILES string of the molecule is CC(C)(C)Oc1ccc(SCC(=O)O)s1. The highest BCUT2D eigenvalue weighted by molar-refractivity contribution is 8.01. The van der Waals surface area contributed by atoms with Gasteiger partial charge in [-0.25, -0.2) is 0 Å². The van der Waals surface area contributed by atoms with E-state index in [1.54, 1.807) is 0 Å². The van der Waals surface area contributed by atoms with Crippen molar-refractivity contribution in [3.8, 4) is 5.06 Å². The topological polar surface area (TPSA) is 46.5 Å². The Kier molecular flexibility index (Phi) is 4.04. The van der Waals surface area contributed by atoms with Crippen LogP contribution in [0.4, 0.5) is 0 Å². The Labute approximate surface area is 97.5 Å². The summed E-state index contributed by atoms with van der Waals surface area (Å²) in [4.78, 5) is 10.4. The Bertz CT molecular complexity index is 339. The lowest BCUT2D eigenvalue weighted by molar-refractivity contribution is -0.133. The van der Waals surface area contributed by atoms with Gasteiger partial charge in [0.15, 0.2) is 5.06 Å². The average Bonchev–Trinajstić information content (AvgIpc) is 2.45. The number of aliphatic carboxylic acids is 1. The zero-order valence-electron chi connectivity index (χ0n) is 8.94. The van der Waals surface area contributed by atoms with Crippen molar-refractivity contribution in [3.63, 3.8) is 0 Å². The molecule has 1 aromatic rings. The molecule has 0 unspecified atom stereocenters. The molecule has 0 fully saturated rings. The van der Waals surface area contributed by atoms with Crippen molar-refractivity contribution in [1.82, 2.24) is 0 Å². The Morgan fingerprint density at radius 2 is 2.20 bits per heavy atom. The standard InChI is InChI=1S/C10H14O3S2/c1-10(2,3)13-8-4-5-9(15-8)14-6-7(11)12/h4-5H,6H2,1-3H3,(H,11,12). The quantitative estimate of drug-likeness (QED) is 0.829. The molecule has 0 saturated heterocycles. The molecule has 0 spiro atoms. The molecule has 5 heteroatoms. The summed E-state index contributed by atoms with van der Waals surface area (Å²) in [7, 11) is 0. The summed E-state index contributed by atoms with van der Waals surface area (Å²) in [5.41, 5.74) is -0.209. The maximum Gasteiger partial charge on any atom is 0.313 e. The number of carboxylic acids is 1. The van der Waals surface area contributed by atoms with Gasteiger partial charge in [0.1, 0.15) is 5.60 Å². The van der Waals surface area contributed by atoms with Crippen molar-refractivity contribution < 1.29 is 14.6 Å². The molecular formula is C10H14O3S2. The smallest absolute Gasteiger partial charge is 0.313 e. The van der Waals surface area contributed by atoms with E-state index in [9.17, 15) is 4.79 Å². The van der Waals surface area contributed by atoms with Gasteiger partial charge < -0.3 is 9.84 Å². The molecule has 0 amide bonds. The molecule has 1 rings (SSSR count). The van der Waals surface area contributed by atoms with Crippen molar-refractivity contribution >= 4 is 29.1 Å². The van der Waals surface area contributed by atoms with Gasteiger partial charge in [-0.3, -0.25) is 4.79 Å². The Hall–Kier alpha value is -0.680. The third kappa shape index (κ3) is 5.09. The normalized spacial score (nSPS) is 11.4. The fourth-order valence-corrected chi connectivity index (χ4v) is 2.72. The Morgan fingerprint density at radius 1 is 1.53 bits per heavy atom. The summed E-state index contributed by atoms with van der Waals surface area (Å²) < 4.78 is 6.62. The predicted molar refractivity (Wildman–Crippen MR) is 63.1 cm³/mol. The minimum atomic E-state index is -0.799. The van der Waals surface area contributed by atoms with Crippen molar-refractivity contribution in [2.45, 2.75) is 30.6 Å². The molecule has 0 aliphatic rings. The van der Waals surface area contributed by atoms with Crippen LogP contribution in [0.25, 0.3) is 0 Å². The molecular weight excluding hydrogens is 232 g/mol. The van der Waals surface area contributed by atoms with Crippen LogP contribution in [-0.2, 0) is 4.79 Å². The molecule has 1 N–H and O–H groups in total. The van der Waals surface area contributed by atoms with E-state index in [-0.39, 0.29) is 11.4 Å². The van der Waals surface area contributed by atoms with Gasteiger partial charge in [-0.15, -0.1) is 11.8 Å². The minimum Gasteiger partial charge on any atom is -0.481 e. The van der Waals surface area contributed by atoms with Gasteiger partial charge in [0.2, 0.25) is 0 Å². The van der Waals surface area contributed by atoms with Crippen LogP contribution in [0.15, 0.2) is 16.3 Å². The number of carboxylic acid groups (broad SMARTS) is 1. The summed E-state index contributed by atoms with van der Waals surface area (Å²) in [5.74, 6) is -0.707. The molecule has 0 bridgehead atoms. The van der Waals surface area contributed by atoms with Crippen LogP contribution in [0.3, 0.4) is 0 Å². The lowest BCUT2D eigenvalue weighted by atomic mass is 10.2. The lowest BCUT2D eigenvalue weighted by Crippen LogP contribution is -2.22. The fraction of sp³-hybridized carbons (Fsp3) is 0.500. The number of thioether (sulfide) groups is 1. The molecule has 0 atom stereocenters. The van der Waals surface area contributed by atoms with Gasteiger partial charge >= 0.3 is 5.97 Å². The van der Waals surface area contributed by atoms with Crippen LogP contribution in [0.1, 0.15) is 20.8 Å². The number of carbonyl (C=O) groups is 1. The second kappa shape index (κ2) is 4.90. The Balaban J connectivity index is 2.53. The number of rotatable bonds is 4. The van der Waals surface area contributed by atoms with Crippen LogP contribution < -0.4 is 4.74 Å². The van der Waals surface area contributed by atoms with E-state index in [1.165, 1.54) is 23.1 Å². The summed E-state index contributed by atoms with van der Waals surface area (Å²) in [5, 5.41) is 9.35. The highest BCUT2D eigenvalue weighted by atomic mass is 32.2. The van der Waals surface area contributed by atoms with Gasteiger partial charge in [0.25, 0.3) is 0 Å². The van der Waals surface area contributed by atoms with Gasteiger partial charge in [-0.05, 0) is 32.9 Å². The molecule has 3 nitrogen and oxygen atoms in total. The molecule has 15 heavy (non-hydrogen) atoms. The molecule has 1 aromatic heterocycles. The monoisotopic (exact) mass is 246 g/mol. The van der Waals surface area contributed by atoms with Crippen molar-refractivity contribution in [1.29, 1.82) is 0 Å². The molecule has 84 valence electrons. The summed E-state index contributed by atoms with van der Waals surface area (Å²) >= 11 is 2.79. The van der Waals surface area contributed by atoms with Crippen molar-refractivity contribution in [2.24, 2.45) is 0 Å². The molecule has 1 heterocycles. The predicted octanol–water partition coefficient (Wildman–Crippen LogP) is 3.10. The first-order valence-electron chi connectivity index (χ1n) is 4.50. The third-order valence-corrected chi connectivity index (χ3v) is 3.47. The highest BCUT2D eigenvalue weighted by Crippen LogP contribution is 2.34. The van der Waals surface area contributed by atoms with Crippen LogP contribution >= 0.6 is 23.1 Å². The van der Waals surface area contributed by atoms with Crippen molar-refractivity contribution in [2.75, 3.05) is 5.75 Å². The number of ether oxygens (including phenoxy) is 1. The van der Waals surface area contributed by atoms with E-state index in [1.807, 2.05) is 32.9 Å². The van der Waals surface area contributed by atoms with Crippen LogP contribution in [0.5, 0.6) is 5.06 Å². The maximum absolute atomic E-state index is 10.4. The Morgan fingerprint density at radius 3 is 2.73 bits per heavy atom. The van der Waals surface area contributed by atoms with E-state index in [0.717, 1.165) is 9.27 Å². The van der Waals surface area contributed by atoms with Gasteiger partial charge in [0, 0.05) is 0 Å². The first kappa shape index (κ1) is 12.4. The molecule has 0 aromatic carbocycles. The fourth-order valence-electron chi connectivity index (χ4n) is 0.870. The van der Waals surface area contributed by atoms with E-state index in [2.05, 4.69) is 0 Å². The lowest BCUT2D eigenvalue weighted by Gasteiger charge is -2.19. The molecule has 0 aliphatic carbocycles. The second-order valence-corrected chi connectivity index (χ2v) is 6.29. The molecule has 0 saturated carbocycles. The second-order valence-electron chi connectivity index (χ2n) is 3.97. The molecule has 0 radical (unpaired) electrons. The summed E-state index contributed by atoms with van der Waals surface area (Å²) in [6.07, 6.45) is 0. The first-order valence-corrected chi connectivity index (χ1v) is 6.30. The van der Waals surface area contributed by atoms with E-state index in [0.29, 0.717) is 0 Å². The summed E-state index contributed by atoms with van der Waals surface area (Å²) in [6, 6.07) is 3.76. The van der Waals surface area contributed by atoms with Gasteiger partial charge in [-0.1, -0.05) is 11.3 Å². The van der Waals surface area contributed by atoms with Crippen LogP contribution in [0, 0.1) is 0 Å². The first-order chi connectivity index (χ1) is 6.87.